The summed E-state index contributed by atoms with van der Waals surface area (Å²) in [5.41, 5.74) is 3.60. The molecule has 2 heteroatoms. The SMILES string of the molecule is C=C(C)[C@H]1CC[C@@]2(CO)C(=C(C)CC[C@@H]2O)C1. The lowest BCUT2D eigenvalue weighted by Gasteiger charge is -2.48. The van der Waals surface area contributed by atoms with Crippen LogP contribution >= 0.6 is 0 Å². The Morgan fingerprint density at radius 2 is 2.18 bits per heavy atom. The van der Waals surface area contributed by atoms with Crippen molar-refractivity contribution in [3.8, 4) is 0 Å². The first-order chi connectivity index (χ1) is 8.01. The number of fused-ring (bicyclic) bond motifs is 1. The third-order valence-corrected chi connectivity index (χ3v) is 4.92. The minimum Gasteiger partial charge on any atom is -0.395 e. The van der Waals surface area contributed by atoms with Gasteiger partial charge in [0.25, 0.3) is 0 Å². The number of hydrogen-bond acceptors (Lipinski definition) is 2. The molecule has 1 saturated carbocycles. The molecule has 2 rings (SSSR count). The highest BCUT2D eigenvalue weighted by atomic mass is 16.3. The van der Waals surface area contributed by atoms with E-state index in [1.807, 2.05) is 0 Å². The average Bonchev–Trinajstić information content (AvgIpc) is 2.33. The van der Waals surface area contributed by atoms with E-state index >= 15 is 0 Å². The smallest absolute Gasteiger partial charge is 0.0658 e. The van der Waals surface area contributed by atoms with E-state index in [4.69, 9.17) is 0 Å². The van der Waals surface area contributed by atoms with Gasteiger partial charge in [-0.1, -0.05) is 23.3 Å². The molecule has 0 heterocycles. The molecule has 0 radical (unpaired) electrons. The molecule has 0 aromatic heterocycles. The Hall–Kier alpha value is -0.600. The molecular weight excluding hydrogens is 212 g/mol. The highest BCUT2D eigenvalue weighted by Crippen LogP contribution is 2.52. The van der Waals surface area contributed by atoms with Gasteiger partial charge in [0, 0.05) is 5.41 Å². The molecule has 3 atom stereocenters. The van der Waals surface area contributed by atoms with E-state index in [0.717, 1.165) is 32.1 Å². The van der Waals surface area contributed by atoms with Crippen molar-refractivity contribution in [3.05, 3.63) is 23.3 Å². The van der Waals surface area contributed by atoms with Gasteiger partial charge >= 0.3 is 0 Å². The Kier molecular flexibility index (Phi) is 3.46. The van der Waals surface area contributed by atoms with E-state index in [2.05, 4.69) is 20.4 Å². The molecule has 17 heavy (non-hydrogen) atoms. The maximum absolute atomic E-state index is 10.3. The van der Waals surface area contributed by atoms with Crippen LogP contribution in [0.1, 0.15) is 46.0 Å². The molecule has 0 spiro atoms. The predicted octanol–water partition coefficient (Wildman–Crippen LogP) is 2.81. The second-order valence-electron chi connectivity index (χ2n) is 5.91. The predicted molar refractivity (Wildman–Crippen MR) is 69.6 cm³/mol. The van der Waals surface area contributed by atoms with Gasteiger partial charge in [0.2, 0.25) is 0 Å². The molecule has 0 aliphatic heterocycles. The molecular formula is C15H24O2. The fraction of sp³-hybridized carbons (Fsp3) is 0.733. The van der Waals surface area contributed by atoms with Crippen LogP contribution < -0.4 is 0 Å². The number of allylic oxidation sites excluding steroid dienone is 2. The highest BCUT2D eigenvalue weighted by molar-refractivity contribution is 5.30. The van der Waals surface area contributed by atoms with Crippen LogP contribution in [-0.4, -0.2) is 22.9 Å². The topological polar surface area (TPSA) is 40.5 Å². The molecule has 2 N–H and O–H groups in total. The summed E-state index contributed by atoms with van der Waals surface area (Å²) < 4.78 is 0. The van der Waals surface area contributed by atoms with Crippen LogP contribution in [0, 0.1) is 11.3 Å². The van der Waals surface area contributed by atoms with Crippen LogP contribution in [0.25, 0.3) is 0 Å². The van der Waals surface area contributed by atoms with Gasteiger partial charge in [-0.15, -0.1) is 0 Å². The first-order valence-electron chi connectivity index (χ1n) is 6.64. The summed E-state index contributed by atoms with van der Waals surface area (Å²) in [6.45, 7) is 8.40. The van der Waals surface area contributed by atoms with Gasteiger partial charge in [0.1, 0.15) is 0 Å². The molecule has 0 saturated heterocycles. The van der Waals surface area contributed by atoms with Crippen LogP contribution in [0.15, 0.2) is 23.3 Å². The number of aliphatic hydroxyl groups is 2. The van der Waals surface area contributed by atoms with Crippen LogP contribution in [0.3, 0.4) is 0 Å². The molecule has 0 aromatic rings. The highest BCUT2D eigenvalue weighted by Gasteiger charge is 2.47. The average molecular weight is 236 g/mol. The van der Waals surface area contributed by atoms with E-state index in [9.17, 15) is 10.2 Å². The van der Waals surface area contributed by atoms with Gasteiger partial charge in [-0.3, -0.25) is 0 Å². The van der Waals surface area contributed by atoms with Crippen molar-refractivity contribution >= 4 is 0 Å². The maximum Gasteiger partial charge on any atom is 0.0658 e. The van der Waals surface area contributed by atoms with Crippen molar-refractivity contribution in [3.63, 3.8) is 0 Å². The first kappa shape index (κ1) is 12.8. The van der Waals surface area contributed by atoms with Gasteiger partial charge in [0.15, 0.2) is 0 Å². The van der Waals surface area contributed by atoms with E-state index in [0.29, 0.717) is 5.92 Å². The molecule has 2 aliphatic rings. The molecule has 1 fully saturated rings. The second kappa shape index (κ2) is 4.58. The Morgan fingerprint density at radius 1 is 1.47 bits per heavy atom. The van der Waals surface area contributed by atoms with Crippen LogP contribution in [-0.2, 0) is 0 Å². The van der Waals surface area contributed by atoms with Gasteiger partial charge in [-0.25, -0.2) is 0 Å². The van der Waals surface area contributed by atoms with Crippen molar-refractivity contribution in [2.24, 2.45) is 11.3 Å². The monoisotopic (exact) mass is 236 g/mol. The van der Waals surface area contributed by atoms with Crippen molar-refractivity contribution in [2.45, 2.75) is 52.1 Å². The molecule has 0 amide bonds. The number of hydrogen-bond donors (Lipinski definition) is 2. The molecule has 2 aliphatic carbocycles. The normalized spacial score (nSPS) is 37.9. The minimum atomic E-state index is -0.364. The van der Waals surface area contributed by atoms with Gasteiger partial charge in [-0.05, 0) is 51.9 Å². The lowest BCUT2D eigenvalue weighted by Crippen LogP contribution is -2.46. The Morgan fingerprint density at radius 3 is 2.76 bits per heavy atom. The summed E-state index contributed by atoms with van der Waals surface area (Å²) in [4.78, 5) is 0. The van der Waals surface area contributed by atoms with Crippen molar-refractivity contribution in [1.29, 1.82) is 0 Å². The van der Waals surface area contributed by atoms with Crippen molar-refractivity contribution in [2.75, 3.05) is 6.61 Å². The molecule has 96 valence electrons. The lowest BCUT2D eigenvalue weighted by atomic mass is 9.59. The van der Waals surface area contributed by atoms with E-state index in [1.165, 1.54) is 16.7 Å². The molecule has 0 aromatic carbocycles. The molecule has 2 nitrogen and oxygen atoms in total. The number of rotatable bonds is 2. The van der Waals surface area contributed by atoms with Crippen LogP contribution in [0.5, 0.6) is 0 Å². The zero-order valence-electron chi connectivity index (χ0n) is 11.0. The van der Waals surface area contributed by atoms with Crippen molar-refractivity contribution < 1.29 is 10.2 Å². The zero-order chi connectivity index (χ0) is 12.6. The van der Waals surface area contributed by atoms with E-state index < -0.39 is 0 Å². The first-order valence-corrected chi connectivity index (χ1v) is 6.64. The minimum absolute atomic E-state index is 0.0871. The van der Waals surface area contributed by atoms with Crippen LogP contribution in [0.2, 0.25) is 0 Å². The lowest BCUT2D eigenvalue weighted by molar-refractivity contribution is -0.0249. The number of aliphatic hydroxyl groups excluding tert-OH is 2. The summed E-state index contributed by atoms with van der Waals surface area (Å²) in [6.07, 6.45) is 4.34. The summed E-state index contributed by atoms with van der Waals surface area (Å²) in [5.74, 6) is 0.532. The van der Waals surface area contributed by atoms with E-state index in [1.54, 1.807) is 0 Å². The largest absolute Gasteiger partial charge is 0.395 e. The molecule has 0 unspecified atom stereocenters. The Labute approximate surface area is 104 Å². The quantitative estimate of drug-likeness (QED) is 0.724. The third kappa shape index (κ3) is 1.98. The summed E-state index contributed by atoms with van der Waals surface area (Å²) in [7, 11) is 0. The maximum atomic E-state index is 10.3. The summed E-state index contributed by atoms with van der Waals surface area (Å²) >= 11 is 0. The van der Waals surface area contributed by atoms with Gasteiger partial charge in [-0.2, -0.15) is 0 Å². The van der Waals surface area contributed by atoms with Crippen LogP contribution in [0.4, 0.5) is 0 Å². The fourth-order valence-electron chi connectivity index (χ4n) is 3.58. The Bertz CT molecular complexity index is 356. The second-order valence-corrected chi connectivity index (χ2v) is 5.91. The third-order valence-electron chi connectivity index (χ3n) is 4.92. The standard InChI is InChI=1S/C15H24O2/c1-10(2)12-6-7-15(9-16)13(8-12)11(3)4-5-14(15)17/h12,14,16-17H,1,4-9H2,2-3H3/t12-,14-,15+/m0/s1. The fourth-order valence-corrected chi connectivity index (χ4v) is 3.58. The summed E-state index contributed by atoms with van der Waals surface area (Å²) in [6, 6.07) is 0. The molecule has 0 bridgehead atoms. The van der Waals surface area contributed by atoms with Gasteiger partial charge in [0.05, 0.1) is 12.7 Å². The van der Waals surface area contributed by atoms with E-state index in [-0.39, 0.29) is 18.1 Å². The summed E-state index contributed by atoms with van der Waals surface area (Å²) in [5, 5.41) is 20.1. The Balaban J connectivity index is 2.35. The zero-order valence-corrected chi connectivity index (χ0v) is 11.0. The van der Waals surface area contributed by atoms with Gasteiger partial charge < -0.3 is 10.2 Å². The van der Waals surface area contributed by atoms with Crippen molar-refractivity contribution in [1.82, 2.24) is 0 Å².